The Balaban J connectivity index is 1.46. The monoisotopic (exact) mass is 417 g/mol. The molecule has 1 aliphatic heterocycles. The molecule has 0 bridgehead atoms. The van der Waals surface area contributed by atoms with E-state index in [4.69, 9.17) is 18.7 Å². The molecule has 0 N–H and O–H groups in total. The quantitative estimate of drug-likeness (QED) is 0.682. The van der Waals surface area contributed by atoms with Gasteiger partial charge in [0.1, 0.15) is 11.4 Å². The summed E-state index contributed by atoms with van der Waals surface area (Å²) in [7, 11) is 1.59. The second-order valence-electron chi connectivity index (χ2n) is 8.09. The number of methoxy groups -OCH3 is 1. The molecule has 0 unspecified atom stereocenters. The van der Waals surface area contributed by atoms with Crippen LogP contribution < -0.4 is 4.74 Å². The van der Waals surface area contributed by atoms with Crippen LogP contribution in [0.5, 0.6) is 5.75 Å². The summed E-state index contributed by atoms with van der Waals surface area (Å²) >= 11 is 0. The highest BCUT2D eigenvalue weighted by molar-refractivity contribution is 5.73. The van der Waals surface area contributed by atoms with Gasteiger partial charge in [0.2, 0.25) is 5.82 Å². The number of benzene rings is 1. The molecular formula is C21H27N3O6. The molecule has 1 aliphatic rings. The first-order chi connectivity index (χ1) is 14.2. The van der Waals surface area contributed by atoms with Crippen LogP contribution in [-0.4, -0.2) is 52.9 Å². The fourth-order valence-electron chi connectivity index (χ4n) is 3.05. The van der Waals surface area contributed by atoms with Gasteiger partial charge in [-0.25, -0.2) is 4.79 Å². The summed E-state index contributed by atoms with van der Waals surface area (Å²) in [6, 6.07) is 7.24. The number of hydrogen-bond donors (Lipinski definition) is 0. The smallest absolute Gasteiger partial charge is 0.410 e. The first-order valence-corrected chi connectivity index (χ1v) is 9.87. The van der Waals surface area contributed by atoms with E-state index in [2.05, 4.69) is 10.1 Å². The molecule has 1 amide bonds. The normalized spacial score (nSPS) is 15.0. The van der Waals surface area contributed by atoms with E-state index >= 15 is 0 Å². The molecule has 162 valence electrons. The van der Waals surface area contributed by atoms with Crippen LogP contribution in [0.1, 0.15) is 39.5 Å². The number of piperidine rings is 1. The molecule has 0 radical (unpaired) electrons. The molecule has 0 aliphatic carbocycles. The van der Waals surface area contributed by atoms with Crippen LogP contribution in [0.2, 0.25) is 0 Å². The van der Waals surface area contributed by atoms with E-state index < -0.39 is 5.60 Å². The van der Waals surface area contributed by atoms with Crippen molar-refractivity contribution in [3.05, 3.63) is 30.2 Å². The lowest BCUT2D eigenvalue weighted by molar-refractivity contribution is -0.152. The van der Waals surface area contributed by atoms with Gasteiger partial charge in [0.25, 0.3) is 5.89 Å². The summed E-state index contributed by atoms with van der Waals surface area (Å²) in [5.41, 5.74) is 0.230. The minimum atomic E-state index is -0.540. The van der Waals surface area contributed by atoms with Gasteiger partial charge in [0.15, 0.2) is 6.61 Å². The fraction of sp³-hybridized carbons (Fsp3) is 0.524. The first-order valence-electron chi connectivity index (χ1n) is 9.87. The van der Waals surface area contributed by atoms with E-state index in [1.54, 1.807) is 24.1 Å². The first kappa shape index (κ1) is 21.6. The number of aromatic nitrogens is 2. The molecule has 0 spiro atoms. The van der Waals surface area contributed by atoms with Crippen molar-refractivity contribution < 1.29 is 28.3 Å². The number of likely N-dealkylation sites (tertiary alicyclic amines) is 1. The SMILES string of the molecule is COc1ccc(-c2noc(COC(=O)C3CCN(C(=O)OC(C)(C)C)CC3)n2)cc1. The number of hydrogen-bond acceptors (Lipinski definition) is 8. The van der Waals surface area contributed by atoms with Crippen molar-refractivity contribution in [1.82, 2.24) is 15.0 Å². The molecule has 2 aromatic rings. The van der Waals surface area contributed by atoms with Gasteiger partial charge in [-0.2, -0.15) is 4.98 Å². The predicted octanol–water partition coefficient (Wildman–Crippen LogP) is 3.44. The highest BCUT2D eigenvalue weighted by Crippen LogP contribution is 2.22. The van der Waals surface area contributed by atoms with E-state index in [0.29, 0.717) is 31.8 Å². The van der Waals surface area contributed by atoms with Crippen LogP contribution >= 0.6 is 0 Å². The third kappa shape index (κ3) is 5.71. The minimum absolute atomic E-state index is 0.0890. The predicted molar refractivity (Wildman–Crippen MR) is 107 cm³/mol. The molecular weight excluding hydrogens is 390 g/mol. The highest BCUT2D eigenvalue weighted by Gasteiger charge is 2.31. The fourth-order valence-corrected chi connectivity index (χ4v) is 3.05. The highest BCUT2D eigenvalue weighted by atomic mass is 16.6. The van der Waals surface area contributed by atoms with Crippen molar-refractivity contribution in [3.63, 3.8) is 0 Å². The summed E-state index contributed by atoms with van der Waals surface area (Å²) < 4.78 is 21.0. The van der Waals surface area contributed by atoms with Gasteiger partial charge in [-0.1, -0.05) is 5.16 Å². The molecule has 9 nitrogen and oxygen atoms in total. The number of carbonyl (C=O) groups excluding carboxylic acids is 2. The summed E-state index contributed by atoms with van der Waals surface area (Å²) in [5, 5.41) is 3.91. The number of rotatable bonds is 5. The van der Waals surface area contributed by atoms with Crippen molar-refractivity contribution in [3.8, 4) is 17.1 Å². The Morgan fingerprint density at radius 1 is 1.17 bits per heavy atom. The van der Waals surface area contributed by atoms with Gasteiger partial charge in [-0.15, -0.1) is 0 Å². The van der Waals surface area contributed by atoms with E-state index in [1.165, 1.54) is 0 Å². The van der Waals surface area contributed by atoms with Crippen LogP contribution in [0.4, 0.5) is 4.79 Å². The number of nitrogens with zero attached hydrogens (tertiary/aromatic N) is 3. The van der Waals surface area contributed by atoms with Crippen molar-refractivity contribution in [2.45, 2.75) is 45.8 Å². The summed E-state index contributed by atoms with van der Waals surface area (Å²) in [5.74, 6) is 0.763. The van der Waals surface area contributed by atoms with E-state index in [9.17, 15) is 9.59 Å². The molecule has 2 heterocycles. The zero-order valence-electron chi connectivity index (χ0n) is 17.7. The number of esters is 1. The van der Waals surface area contributed by atoms with E-state index in [1.807, 2.05) is 32.9 Å². The number of carbonyl (C=O) groups is 2. The lowest BCUT2D eigenvalue weighted by Gasteiger charge is -2.32. The Bertz CT molecular complexity index is 864. The Hall–Kier alpha value is -3.10. The zero-order chi connectivity index (χ0) is 21.7. The van der Waals surface area contributed by atoms with Gasteiger partial charge in [0, 0.05) is 18.7 Å². The van der Waals surface area contributed by atoms with Crippen molar-refractivity contribution in [1.29, 1.82) is 0 Å². The maximum atomic E-state index is 12.4. The maximum absolute atomic E-state index is 12.4. The maximum Gasteiger partial charge on any atom is 0.410 e. The molecule has 9 heteroatoms. The summed E-state index contributed by atoms with van der Waals surface area (Å²) in [6.45, 7) is 6.30. The van der Waals surface area contributed by atoms with Crippen molar-refractivity contribution >= 4 is 12.1 Å². The molecule has 0 atom stereocenters. The molecule has 30 heavy (non-hydrogen) atoms. The average Bonchev–Trinajstić information content (AvgIpc) is 3.20. The van der Waals surface area contributed by atoms with Crippen molar-refractivity contribution in [2.75, 3.05) is 20.2 Å². The lowest BCUT2D eigenvalue weighted by Crippen LogP contribution is -2.43. The van der Waals surface area contributed by atoms with Gasteiger partial charge in [-0.05, 0) is 57.9 Å². The van der Waals surface area contributed by atoms with Gasteiger partial charge < -0.3 is 23.6 Å². The third-order valence-electron chi connectivity index (χ3n) is 4.63. The topological polar surface area (TPSA) is 104 Å². The molecule has 0 saturated carbocycles. The zero-order valence-corrected chi connectivity index (χ0v) is 17.7. The second kappa shape index (κ2) is 9.15. The van der Waals surface area contributed by atoms with Crippen LogP contribution in [0.25, 0.3) is 11.4 Å². The standard InChI is InChI=1S/C21H27N3O6/c1-21(2,3)29-20(26)24-11-9-15(10-12-24)19(25)28-13-17-22-18(23-30-17)14-5-7-16(27-4)8-6-14/h5-8,15H,9-13H2,1-4H3. The summed E-state index contributed by atoms with van der Waals surface area (Å²) in [4.78, 5) is 30.3. The van der Waals surface area contributed by atoms with Crippen LogP contribution in [0.15, 0.2) is 28.8 Å². The van der Waals surface area contributed by atoms with Gasteiger partial charge >= 0.3 is 12.1 Å². The lowest BCUT2D eigenvalue weighted by atomic mass is 9.97. The third-order valence-corrected chi connectivity index (χ3v) is 4.63. The van der Waals surface area contributed by atoms with E-state index in [-0.39, 0.29) is 30.5 Å². The second-order valence-corrected chi connectivity index (χ2v) is 8.09. The van der Waals surface area contributed by atoms with Crippen LogP contribution in [0.3, 0.4) is 0 Å². The molecule has 1 aromatic carbocycles. The molecule has 1 fully saturated rings. The van der Waals surface area contributed by atoms with Crippen LogP contribution in [0, 0.1) is 5.92 Å². The van der Waals surface area contributed by atoms with Crippen molar-refractivity contribution in [2.24, 2.45) is 5.92 Å². The average molecular weight is 417 g/mol. The Labute approximate surface area is 175 Å². The summed E-state index contributed by atoms with van der Waals surface area (Å²) in [6.07, 6.45) is 0.698. The molecule has 3 rings (SSSR count). The number of amides is 1. The number of ether oxygens (including phenoxy) is 3. The van der Waals surface area contributed by atoms with Crippen LogP contribution in [-0.2, 0) is 20.9 Å². The van der Waals surface area contributed by atoms with E-state index in [0.717, 1.165) is 11.3 Å². The Morgan fingerprint density at radius 2 is 1.83 bits per heavy atom. The minimum Gasteiger partial charge on any atom is -0.497 e. The molecule has 1 saturated heterocycles. The van der Waals surface area contributed by atoms with Gasteiger partial charge in [0.05, 0.1) is 13.0 Å². The Kier molecular flexibility index (Phi) is 6.59. The molecule has 1 aromatic heterocycles. The Morgan fingerprint density at radius 3 is 2.43 bits per heavy atom. The van der Waals surface area contributed by atoms with Gasteiger partial charge in [-0.3, -0.25) is 4.79 Å². The largest absolute Gasteiger partial charge is 0.497 e.